The van der Waals surface area contributed by atoms with Crippen molar-refractivity contribution in [3.63, 3.8) is 0 Å². The van der Waals surface area contributed by atoms with E-state index >= 15 is 0 Å². The molecular formula is C18H20BrNO2. The summed E-state index contributed by atoms with van der Waals surface area (Å²) in [5.74, 6) is -0.893. The molecule has 0 saturated heterocycles. The van der Waals surface area contributed by atoms with Crippen molar-refractivity contribution in [1.82, 2.24) is 5.32 Å². The summed E-state index contributed by atoms with van der Waals surface area (Å²) < 4.78 is 1.08. The van der Waals surface area contributed by atoms with Gasteiger partial charge in [0.05, 0.1) is 5.56 Å². The molecule has 116 valence electrons. The molecule has 0 aliphatic rings. The van der Waals surface area contributed by atoms with Crippen LogP contribution < -0.4 is 5.32 Å². The van der Waals surface area contributed by atoms with E-state index in [1.54, 1.807) is 18.2 Å². The van der Waals surface area contributed by atoms with Crippen LogP contribution in [-0.4, -0.2) is 16.6 Å². The predicted octanol–water partition coefficient (Wildman–Crippen LogP) is 4.26. The van der Waals surface area contributed by atoms with Crippen molar-refractivity contribution < 1.29 is 9.90 Å². The molecule has 0 fully saturated rings. The zero-order chi connectivity index (χ0) is 16.2. The van der Waals surface area contributed by atoms with Gasteiger partial charge < -0.3 is 10.4 Å². The van der Waals surface area contributed by atoms with E-state index in [2.05, 4.69) is 47.2 Å². The Morgan fingerprint density at radius 2 is 1.82 bits per heavy atom. The second kappa shape index (κ2) is 7.07. The lowest BCUT2D eigenvalue weighted by Crippen LogP contribution is -2.40. The first kappa shape index (κ1) is 16.7. The Hall–Kier alpha value is -1.65. The highest BCUT2D eigenvalue weighted by Gasteiger charge is 2.17. The molecule has 0 heterocycles. The minimum atomic E-state index is -0.893. The van der Waals surface area contributed by atoms with Gasteiger partial charge in [0.2, 0.25) is 0 Å². The summed E-state index contributed by atoms with van der Waals surface area (Å²) in [6.07, 6.45) is 0.902. The fourth-order valence-electron chi connectivity index (χ4n) is 2.33. The Kier molecular flexibility index (Phi) is 5.37. The standard InChI is InChI=1S/C18H20BrNO2/c1-18(2,11-13-6-8-16(19)9-7-13)20-12-14-4-3-5-15(10-14)17(21)22/h3-10,20H,11-12H2,1-2H3,(H,21,22). The SMILES string of the molecule is CC(C)(Cc1ccc(Br)cc1)NCc1cccc(C(=O)O)c1. The summed E-state index contributed by atoms with van der Waals surface area (Å²) >= 11 is 3.44. The normalized spacial score (nSPS) is 11.4. The van der Waals surface area contributed by atoms with Gasteiger partial charge in [-0.15, -0.1) is 0 Å². The van der Waals surface area contributed by atoms with Crippen LogP contribution in [0.25, 0.3) is 0 Å². The minimum Gasteiger partial charge on any atom is -0.478 e. The monoisotopic (exact) mass is 361 g/mol. The van der Waals surface area contributed by atoms with Gasteiger partial charge in [0.15, 0.2) is 0 Å². The zero-order valence-corrected chi connectivity index (χ0v) is 14.4. The quantitative estimate of drug-likeness (QED) is 0.807. The van der Waals surface area contributed by atoms with E-state index in [9.17, 15) is 4.79 Å². The first-order valence-corrected chi connectivity index (χ1v) is 7.97. The molecular weight excluding hydrogens is 342 g/mol. The summed E-state index contributed by atoms with van der Waals surface area (Å²) in [6, 6.07) is 15.3. The van der Waals surface area contributed by atoms with E-state index < -0.39 is 5.97 Å². The van der Waals surface area contributed by atoms with Crippen LogP contribution in [0.5, 0.6) is 0 Å². The largest absolute Gasteiger partial charge is 0.478 e. The van der Waals surface area contributed by atoms with Crippen molar-refractivity contribution in [2.45, 2.75) is 32.4 Å². The van der Waals surface area contributed by atoms with Crippen LogP contribution in [0.4, 0.5) is 0 Å². The fourth-order valence-corrected chi connectivity index (χ4v) is 2.60. The van der Waals surface area contributed by atoms with Crippen LogP contribution in [-0.2, 0) is 13.0 Å². The minimum absolute atomic E-state index is 0.0763. The molecule has 0 spiro atoms. The molecule has 3 nitrogen and oxygen atoms in total. The lowest BCUT2D eigenvalue weighted by Gasteiger charge is -2.27. The fraction of sp³-hybridized carbons (Fsp3) is 0.278. The molecule has 2 rings (SSSR count). The lowest BCUT2D eigenvalue weighted by molar-refractivity contribution is 0.0696. The van der Waals surface area contributed by atoms with Gasteiger partial charge in [-0.05, 0) is 55.7 Å². The van der Waals surface area contributed by atoms with E-state index in [1.165, 1.54) is 5.56 Å². The van der Waals surface area contributed by atoms with Crippen molar-refractivity contribution in [1.29, 1.82) is 0 Å². The molecule has 2 N–H and O–H groups in total. The Balaban J connectivity index is 1.98. The molecule has 2 aromatic rings. The van der Waals surface area contributed by atoms with Gasteiger partial charge in [-0.25, -0.2) is 4.79 Å². The topological polar surface area (TPSA) is 49.3 Å². The summed E-state index contributed by atoms with van der Waals surface area (Å²) in [4.78, 5) is 11.0. The van der Waals surface area contributed by atoms with Crippen LogP contribution in [0.15, 0.2) is 53.0 Å². The highest BCUT2D eigenvalue weighted by Crippen LogP contribution is 2.17. The van der Waals surface area contributed by atoms with Gasteiger partial charge in [0.25, 0.3) is 0 Å². The van der Waals surface area contributed by atoms with Crippen LogP contribution >= 0.6 is 15.9 Å². The third-order valence-electron chi connectivity index (χ3n) is 3.50. The summed E-state index contributed by atoms with van der Waals surface area (Å²) in [7, 11) is 0. The first-order valence-electron chi connectivity index (χ1n) is 7.17. The van der Waals surface area contributed by atoms with E-state index in [1.807, 2.05) is 18.2 Å². The van der Waals surface area contributed by atoms with E-state index in [-0.39, 0.29) is 5.54 Å². The average molecular weight is 362 g/mol. The molecule has 0 aromatic heterocycles. The Bertz CT molecular complexity index is 650. The maximum Gasteiger partial charge on any atom is 0.335 e. The van der Waals surface area contributed by atoms with Crippen molar-refractivity contribution in [3.05, 3.63) is 69.7 Å². The van der Waals surface area contributed by atoms with Crippen LogP contribution in [0.2, 0.25) is 0 Å². The number of carboxylic acid groups (broad SMARTS) is 1. The van der Waals surface area contributed by atoms with E-state index in [0.717, 1.165) is 16.5 Å². The van der Waals surface area contributed by atoms with Crippen LogP contribution in [0, 0.1) is 0 Å². The second-order valence-corrected chi connectivity index (χ2v) is 6.96. The van der Waals surface area contributed by atoms with Gasteiger partial charge in [0, 0.05) is 16.6 Å². The molecule has 2 aromatic carbocycles. The number of carbonyl (C=O) groups is 1. The van der Waals surface area contributed by atoms with Gasteiger partial charge in [-0.1, -0.05) is 40.2 Å². The molecule has 0 aliphatic carbocycles. The van der Waals surface area contributed by atoms with Crippen molar-refractivity contribution >= 4 is 21.9 Å². The van der Waals surface area contributed by atoms with Crippen LogP contribution in [0.3, 0.4) is 0 Å². The maximum atomic E-state index is 11.0. The van der Waals surface area contributed by atoms with Crippen LogP contribution in [0.1, 0.15) is 35.3 Å². The van der Waals surface area contributed by atoms with Crippen molar-refractivity contribution in [2.24, 2.45) is 0 Å². The molecule has 0 amide bonds. The lowest BCUT2D eigenvalue weighted by atomic mass is 9.94. The number of carboxylic acids is 1. The molecule has 0 saturated carbocycles. The Morgan fingerprint density at radius 3 is 2.45 bits per heavy atom. The molecule has 0 unspecified atom stereocenters. The molecule has 0 atom stereocenters. The molecule has 0 aliphatic heterocycles. The number of benzene rings is 2. The predicted molar refractivity (Wildman–Crippen MR) is 92.2 cm³/mol. The van der Waals surface area contributed by atoms with E-state index in [4.69, 9.17) is 5.11 Å². The number of halogens is 1. The highest BCUT2D eigenvalue weighted by atomic mass is 79.9. The van der Waals surface area contributed by atoms with Gasteiger partial charge >= 0.3 is 5.97 Å². The second-order valence-electron chi connectivity index (χ2n) is 6.05. The van der Waals surface area contributed by atoms with E-state index in [0.29, 0.717) is 12.1 Å². The first-order chi connectivity index (χ1) is 10.4. The zero-order valence-electron chi connectivity index (χ0n) is 12.8. The smallest absolute Gasteiger partial charge is 0.335 e. The number of rotatable bonds is 6. The molecule has 4 heteroatoms. The molecule has 0 radical (unpaired) electrons. The molecule has 22 heavy (non-hydrogen) atoms. The van der Waals surface area contributed by atoms with Gasteiger partial charge in [-0.2, -0.15) is 0 Å². The number of aromatic carboxylic acids is 1. The third-order valence-corrected chi connectivity index (χ3v) is 4.03. The van der Waals surface area contributed by atoms with Gasteiger partial charge in [-0.3, -0.25) is 0 Å². The molecule has 0 bridgehead atoms. The third kappa shape index (κ3) is 4.97. The Labute approximate surface area is 139 Å². The maximum absolute atomic E-state index is 11.0. The number of hydrogen-bond donors (Lipinski definition) is 2. The summed E-state index contributed by atoms with van der Waals surface area (Å²) in [6.45, 7) is 4.94. The van der Waals surface area contributed by atoms with Crippen molar-refractivity contribution in [2.75, 3.05) is 0 Å². The average Bonchev–Trinajstić information content (AvgIpc) is 2.48. The summed E-state index contributed by atoms with van der Waals surface area (Å²) in [5.41, 5.74) is 2.49. The Morgan fingerprint density at radius 1 is 1.14 bits per heavy atom. The highest BCUT2D eigenvalue weighted by molar-refractivity contribution is 9.10. The number of nitrogens with one attached hydrogen (secondary N) is 1. The summed E-state index contributed by atoms with van der Waals surface area (Å²) in [5, 5.41) is 12.5. The van der Waals surface area contributed by atoms with Crippen molar-refractivity contribution in [3.8, 4) is 0 Å². The number of hydrogen-bond acceptors (Lipinski definition) is 2. The van der Waals surface area contributed by atoms with Gasteiger partial charge in [0.1, 0.15) is 0 Å².